The van der Waals surface area contributed by atoms with Crippen molar-refractivity contribution in [1.82, 2.24) is 15.2 Å². The number of pyridine rings is 1. The van der Waals surface area contributed by atoms with Crippen molar-refractivity contribution in [3.63, 3.8) is 0 Å². The molecule has 0 bridgehead atoms. The largest absolute Gasteiger partial charge is 0.375 e. The molecule has 10 nitrogen and oxygen atoms in total. The van der Waals surface area contributed by atoms with Crippen molar-refractivity contribution in [3.05, 3.63) is 64.7 Å². The molecule has 1 aromatic carbocycles. The van der Waals surface area contributed by atoms with Gasteiger partial charge in [-0.15, -0.1) is 0 Å². The van der Waals surface area contributed by atoms with Gasteiger partial charge in [-0.25, -0.2) is 9.18 Å². The van der Waals surface area contributed by atoms with E-state index in [9.17, 15) is 23.9 Å². The summed E-state index contributed by atoms with van der Waals surface area (Å²) >= 11 is 0. The Morgan fingerprint density at radius 1 is 1.26 bits per heavy atom. The van der Waals surface area contributed by atoms with E-state index < -0.39 is 29.3 Å². The van der Waals surface area contributed by atoms with Crippen LogP contribution in [0.5, 0.6) is 0 Å². The number of carbonyl (C=O) groups excluding carboxylic acids is 3. The maximum absolute atomic E-state index is 13.5. The summed E-state index contributed by atoms with van der Waals surface area (Å²) in [6, 6.07) is 6.38. The fourth-order valence-electron chi connectivity index (χ4n) is 4.15. The van der Waals surface area contributed by atoms with E-state index in [-0.39, 0.29) is 38.2 Å². The molecule has 1 atom stereocenters. The van der Waals surface area contributed by atoms with Crippen LogP contribution in [0.4, 0.5) is 14.9 Å². The highest BCUT2D eigenvalue weighted by molar-refractivity contribution is 6.01. The first-order valence-corrected chi connectivity index (χ1v) is 10.8. The van der Waals surface area contributed by atoms with Crippen molar-refractivity contribution in [2.45, 2.75) is 12.0 Å². The molecular weight excluding hydrogens is 443 g/mol. The average molecular weight is 468 g/mol. The zero-order valence-corrected chi connectivity index (χ0v) is 18.3. The van der Waals surface area contributed by atoms with Crippen LogP contribution in [0.25, 0.3) is 6.08 Å². The second-order valence-corrected chi connectivity index (χ2v) is 8.22. The number of fused-ring (bicyclic) bond motifs is 1. The first-order chi connectivity index (χ1) is 16.2. The Balaban J connectivity index is 1.80. The second-order valence-electron chi connectivity index (χ2n) is 8.22. The maximum Gasteiger partial charge on any atom is 0.324 e. The lowest BCUT2D eigenvalue weighted by Gasteiger charge is -2.33. The van der Waals surface area contributed by atoms with Gasteiger partial charge in [0, 0.05) is 56.5 Å². The summed E-state index contributed by atoms with van der Waals surface area (Å²) in [6.45, 7) is 1.23. The quantitative estimate of drug-likeness (QED) is 0.440. The first kappa shape index (κ1) is 23.3. The number of aromatic nitrogens is 1. The van der Waals surface area contributed by atoms with E-state index in [1.807, 2.05) is 0 Å². The number of amides is 4. The second kappa shape index (κ2) is 9.20. The van der Waals surface area contributed by atoms with Crippen molar-refractivity contribution < 1.29 is 23.9 Å². The smallest absolute Gasteiger partial charge is 0.324 e. The maximum atomic E-state index is 13.5. The van der Waals surface area contributed by atoms with E-state index in [2.05, 4.69) is 10.3 Å². The van der Waals surface area contributed by atoms with E-state index in [0.29, 0.717) is 29.1 Å². The van der Waals surface area contributed by atoms with E-state index in [1.165, 1.54) is 30.5 Å². The summed E-state index contributed by atoms with van der Waals surface area (Å²) in [7, 11) is 0. The summed E-state index contributed by atoms with van der Waals surface area (Å²) < 4.78 is 13.4. The molecule has 0 radical (unpaired) electrons. The number of hydrogen-bond acceptors (Lipinski definition) is 7. The van der Waals surface area contributed by atoms with Gasteiger partial charge in [0.15, 0.2) is 5.60 Å². The van der Waals surface area contributed by atoms with Crippen LogP contribution in [-0.4, -0.2) is 65.6 Å². The molecule has 1 saturated heterocycles. The normalized spacial score (nSPS) is 17.0. The molecule has 2 aromatic rings. The number of hydrogen-bond donors (Lipinski definition) is 4. The lowest BCUT2D eigenvalue weighted by atomic mass is 9.86. The van der Waals surface area contributed by atoms with E-state index in [4.69, 9.17) is 11.5 Å². The van der Waals surface area contributed by atoms with Crippen molar-refractivity contribution >= 4 is 29.6 Å². The number of nitrogens with two attached hydrogens (primary N) is 2. The standard InChI is InChI=1S/C23H25FN6O4/c24-17-3-1-14(2-4-17)11-23(34,21(32)30-8-6-27-22(30)33)16-10-19-18(28-12-16)9-15(20(26)31)13-29(19)7-5-25/h1-4,9-10,12,34H,5-8,11,13,25H2,(H2,26,31)(H,27,33). The van der Waals surface area contributed by atoms with Gasteiger partial charge in [0.2, 0.25) is 5.91 Å². The van der Waals surface area contributed by atoms with Crippen LogP contribution in [-0.2, 0) is 21.6 Å². The highest BCUT2D eigenvalue weighted by Gasteiger charge is 2.45. The van der Waals surface area contributed by atoms with Crippen LogP contribution in [0.1, 0.15) is 16.8 Å². The lowest BCUT2D eigenvalue weighted by Crippen LogP contribution is -2.49. The number of imide groups is 1. The van der Waals surface area contributed by atoms with Crippen LogP contribution in [0.15, 0.2) is 42.1 Å². The number of nitrogens with zero attached hydrogens (tertiary/aromatic N) is 3. The zero-order chi connectivity index (χ0) is 24.5. The molecule has 2 aliphatic rings. The van der Waals surface area contributed by atoms with Crippen LogP contribution >= 0.6 is 0 Å². The van der Waals surface area contributed by atoms with E-state index >= 15 is 0 Å². The van der Waals surface area contributed by atoms with Gasteiger partial charge in [-0.1, -0.05) is 12.1 Å². The number of aliphatic hydroxyl groups is 1. The third-order valence-electron chi connectivity index (χ3n) is 5.93. The minimum Gasteiger partial charge on any atom is -0.375 e. The number of carbonyl (C=O) groups is 3. The molecule has 3 heterocycles. The molecule has 6 N–H and O–H groups in total. The van der Waals surface area contributed by atoms with Gasteiger partial charge in [-0.05, 0) is 29.8 Å². The minimum atomic E-state index is -2.16. The Hall–Kier alpha value is -3.83. The molecule has 178 valence electrons. The Labute approximate surface area is 195 Å². The fourth-order valence-corrected chi connectivity index (χ4v) is 4.15. The van der Waals surface area contributed by atoms with Crippen LogP contribution < -0.4 is 21.7 Å². The molecule has 1 aromatic heterocycles. The first-order valence-electron chi connectivity index (χ1n) is 10.8. The Morgan fingerprint density at radius 3 is 2.62 bits per heavy atom. The summed E-state index contributed by atoms with van der Waals surface area (Å²) in [5, 5.41) is 14.3. The zero-order valence-electron chi connectivity index (χ0n) is 18.3. The van der Waals surface area contributed by atoms with Gasteiger partial charge in [-0.3, -0.25) is 19.5 Å². The van der Waals surface area contributed by atoms with Crippen molar-refractivity contribution in [2.75, 3.05) is 37.6 Å². The van der Waals surface area contributed by atoms with Gasteiger partial charge in [-0.2, -0.15) is 0 Å². The SMILES string of the molecule is NCCN1CC(C(N)=O)=Cc2ncc(C(O)(Cc3ccc(F)cc3)C(=O)N3CCNC3=O)cc21. The molecule has 1 unspecified atom stereocenters. The molecule has 34 heavy (non-hydrogen) atoms. The average Bonchev–Trinajstić information content (AvgIpc) is 3.25. The van der Waals surface area contributed by atoms with Crippen LogP contribution in [0.2, 0.25) is 0 Å². The molecule has 4 rings (SSSR count). The van der Waals surface area contributed by atoms with Gasteiger partial charge in [0.1, 0.15) is 5.82 Å². The third kappa shape index (κ3) is 4.35. The molecule has 0 aliphatic carbocycles. The number of nitrogens with one attached hydrogen (secondary N) is 1. The van der Waals surface area contributed by atoms with Crippen molar-refractivity contribution in [3.8, 4) is 0 Å². The summed E-state index contributed by atoms with van der Waals surface area (Å²) in [6.07, 6.45) is 2.67. The van der Waals surface area contributed by atoms with Crippen molar-refractivity contribution in [2.24, 2.45) is 11.5 Å². The van der Waals surface area contributed by atoms with Gasteiger partial charge >= 0.3 is 6.03 Å². The predicted octanol–water partition coefficient (Wildman–Crippen LogP) is -0.150. The Bertz CT molecular complexity index is 1170. The summed E-state index contributed by atoms with van der Waals surface area (Å²) in [4.78, 5) is 44.5. The monoisotopic (exact) mass is 468 g/mol. The predicted molar refractivity (Wildman–Crippen MR) is 122 cm³/mol. The van der Waals surface area contributed by atoms with Gasteiger partial charge in [0.05, 0.1) is 11.4 Å². The van der Waals surface area contributed by atoms with Gasteiger partial charge < -0.3 is 26.8 Å². The molecule has 2 aliphatic heterocycles. The Kier molecular flexibility index (Phi) is 6.31. The number of anilines is 1. The summed E-state index contributed by atoms with van der Waals surface area (Å²) in [5.41, 5.74) is 11.0. The molecule has 0 spiro atoms. The third-order valence-corrected chi connectivity index (χ3v) is 5.93. The van der Waals surface area contributed by atoms with Crippen LogP contribution in [0, 0.1) is 5.82 Å². The minimum absolute atomic E-state index is 0.103. The van der Waals surface area contributed by atoms with Crippen molar-refractivity contribution in [1.29, 1.82) is 0 Å². The van der Waals surface area contributed by atoms with Crippen LogP contribution in [0.3, 0.4) is 0 Å². The van der Waals surface area contributed by atoms with E-state index in [0.717, 1.165) is 4.90 Å². The number of benzene rings is 1. The molecular formula is C23H25FN6O4. The molecule has 4 amide bonds. The fraction of sp³-hybridized carbons (Fsp3) is 0.304. The lowest BCUT2D eigenvalue weighted by molar-refractivity contribution is -0.148. The van der Waals surface area contributed by atoms with E-state index in [1.54, 1.807) is 17.0 Å². The number of rotatable bonds is 7. The molecule has 1 fully saturated rings. The number of urea groups is 1. The van der Waals surface area contributed by atoms with Gasteiger partial charge in [0.25, 0.3) is 5.91 Å². The highest BCUT2D eigenvalue weighted by Crippen LogP contribution is 2.34. The molecule has 11 heteroatoms. The summed E-state index contributed by atoms with van der Waals surface area (Å²) in [5.74, 6) is -1.85. The topological polar surface area (TPSA) is 155 Å². The number of halogens is 1. The Morgan fingerprint density at radius 2 is 2.00 bits per heavy atom. The highest BCUT2D eigenvalue weighted by atomic mass is 19.1. The molecule has 0 saturated carbocycles. The number of primary amides is 1.